The van der Waals surface area contributed by atoms with Crippen molar-refractivity contribution in [3.05, 3.63) is 53.9 Å². The average molecular weight is 355 g/mol. The summed E-state index contributed by atoms with van der Waals surface area (Å²) < 4.78 is 18.7. The van der Waals surface area contributed by atoms with Crippen molar-refractivity contribution in [2.45, 2.75) is 38.0 Å². The number of carbonyl (C=O) groups is 1. The molecule has 136 valence electrons. The van der Waals surface area contributed by atoms with Crippen LogP contribution in [0.5, 0.6) is 0 Å². The van der Waals surface area contributed by atoms with Gasteiger partial charge in [-0.3, -0.25) is 4.79 Å². The van der Waals surface area contributed by atoms with Crippen LogP contribution in [-0.2, 0) is 16.0 Å². The zero-order valence-corrected chi connectivity index (χ0v) is 14.6. The van der Waals surface area contributed by atoms with E-state index in [0.29, 0.717) is 44.1 Å². The normalized spacial score (nSPS) is 19.1. The maximum absolute atomic E-state index is 13.2. The molecule has 2 aliphatic rings. The molecule has 1 aromatic heterocycles. The summed E-state index contributed by atoms with van der Waals surface area (Å²) in [4.78, 5) is 21.8. The summed E-state index contributed by atoms with van der Waals surface area (Å²) >= 11 is 0. The Morgan fingerprint density at radius 3 is 2.42 bits per heavy atom. The van der Waals surface area contributed by atoms with E-state index in [0.717, 1.165) is 24.2 Å². The first kappa shape index (κ1) is 17.1. The Labute approximate surface area is 152 Å². The summed E-state index contributed by atoms with van der Waals surface area (Å²) in [7, 11) is 0. The molecule has 0 atom stereocenters. The van der Waals surface area contributed by atoms with Crippen molar-refractivity contribution in [3.8, 4) is 0 Å². The second kappa shape index (κ2) is 7.11. The van der Waals surface area contributed by atoms with Gasteiger partial charge in [0.05, 0.1) is 23.5 Å². The Bertz CT molecular complexity index is 767. The van der Waals surface area contributed by atoms with Gasteiger partial charge in [0.25, 0.3) is 0 Å². The number of aromatic nitrogens is 2. The molecule has 0 spiro atoms. The van der Waals surface area contributed by atoms with Gasteiger partial charge in [-0.1, -0.05) is 12.1 Å². The highest BCUT2D eigenvalue weighted by Crippen LogP contribution is 2.38. The van der Waals surface area contributed by atoms with E-state index in [4.69, 9.17) is 4.74 Å². The zero-order chi connectivity index (χ0) is 18.0. The largest absolute Gasteiger partial charge is 0.381 e. The van der Waals surface area contributed by atoms with Crippen LogP contribution in [0.25, 0.3) is 0 Å². The molecule has 6 heteroatoms. The number of amides is 1. The fourth-order valence-electron chi connectivity index (χ4n) is 3.46. The number of nitrogens with one attached hydrogen (secondary N) is 1. The first-order chi connectivity index (χ1) is 12.6. The van der Waals surface area contributed by atoms with E-state index in [1.807, 2.05) is 0 Å². The SMILES string of the molecule is O=C(Nc1cnc(C2CC2)nc1)C1(Cc2ccc(F)cc2)CCOCC1. The van der Waals surface area contributed by atoms with Crippen LogP contribution in [0.2, 0.25) is 0 Å². The van der Waals surface area contributed by atoms with E-state index in [1.165, 1.54) is 12.1 Å². The molecule has 0 bridgehead atoms. The predicted octanol–water partition coefficient (Wildman–Crippen LogP) is 3.47. The average Bonchev–Trinajstić information content (AvgIpc) is 3.50. The van der Waals surface area contributed by atoms with E-state index >= 15 is 0 Å². The maximum atomic E-state index is 13.2. The Morgan fingerprint density at radius 1 is 1.15 bits per heavy atom. The minimum Gasteiger partial charge on any atom is -0.381 e. The Morgan fingerprint density at radius 2 is 1.81 bits per heavy atom. The van der Waals surface area contributed by atoms with Crippen LogP contribution in [0.1, 0.15) is 43.0 Å². The van der Waals surface area contributed by atoms with Gasteiger partial charge >= 0.3 is 0 Å². The predicted molar refractivity (Wildman–Crippen MR) is 95.2 cm³/mol. The van der Waals surface area contributed by atoms with E-state index in [2.05, 4.69) is 15.3 Å². The van der Waals surface area contributed by atoms with Crippen molar-refractivity contribution >= 4 is 11.6 Å². The fraction of sp³-hybridized carbons (Fsp3) is 0.450. The highest BCUT2D eigenvalue weighted by atomic mass is 19.1. The molecule has 1 aromatic carbocycles. The lowest BCUT2D eigenvalue weighted by atomic mass is 9.74. The van der Waals surface area contributed by atoms with Gasteiger partial charge in [0.15, 0.2) is 0 Å². The molecule has 2 fully saturated rings. The molecule has 0 unspecified atom stereocenters. The van der Waals surface area contributed by atoms with Gasteiger partial charge in [0.2, 0.25) is 5.91 Å². The molecule has 5 nitrogen and oxygen atoms in total. The number of halogens is 1. The number of anilines is 1. The van der Waals surface area contributed by atoms with Gasteiger partial charge in [-0.2, -0.15) is 0 Å². The van der Waals surface area contributed by atoms with E-state index in [-0.39, 0.29) is 11.7 Å². The first-order valence-electron chi connectivity index (χ1n) is 9.10. The lowest BCUT2D eigenvalue weighted by Gasteiger charge is -2.36. The summed E-state index contributed by atoms with van der Waals surface area (Å²) in [5.74, 6) is 1.02. The molecular formula is C20H22FN3O2. The zero-order valence-electron chi connectivity index (χ0n) is 14.6. The van der Waals surface area contributed by atoms with Crippen molar-refractivity contribution in [1.29, 1.82) is 0 Å². The van der Waals surface area contributed by atoms with Gasteiger partial charge in [-0.25, -0.2) is 14.4 Å². The summed E-state index contributed by atoms with van der Waals surface area (Å²) in [5.41, 5.74) is 0.999. The Hall–Kier alpha value is -2.34. The van der Waals surface area contributed by atoms with E-state index in [1.54, 1.807) is 24.5 Å². The molecule has 1 aliphatic carbocycles. The van der Waals surface area contributed by atoms with Crippen molar-refractivity contribution in [2.24, 2.45) is 5.41 Å². The number of carbonyl (C=O) groups excluding carboxylic acids is 1. The minimum absolute atomic E-state index is 0.0482. The Balaban J connectivity index is 1.50. The number of nitrogens with zero attached hydrogens (tertiary/aromatic N) is 2. The molecule has 1 amide bonds. The van der Waals surface area contributed by atoms with Gasteiger partial charge in [0, 0.05) is 19.1 Å². The van der Waals surface area contributed by atoms with Crippen molar-refractivity contribution in [2.75, 3.05) is 18.5 Å². The third-order valence-electron chi connectivity index (χ3n) is 5.26. The highest BCUT2D eigenvalue weighted by Gasteiger charge is 2.40. The molecule has 2 heterocycles. The smallest absolute Gasteiger partial charge is 0.231 e. The number of rotatable bonds is 5. The van der Waals surface area contributed by atoms with Crippen LogP contribution >= 0.6 is 0 Å². The fourth-order valence-corrected chi connectivity index (χ4v) is 3.46. The minimum atomic E-state index is -0.564. The van der Waals surface area contributed by atoms with Crippen molar-refractivity contribution in [1.82, 2.24) is 9.97 Å². The molecular weight excluding hydrogens is 333 g/mol. The van der Waals surface area contributed by atoms with Gasteiger partial charge in [0.1, 0.15) is 11.6 Å². The summed E-state index contributed by atoms with van der Waals surface area (Å²) in [6.07, 6.45) is 7.49. The van der Waals surface area contributed by atoms with Crippen molar-refractivity contribution in [3.63, 3.8) is 0 Å². The quantitative estimate of drug-likeness (QED) is 0.892. The van der Waals surface area contributed by atoms with E-state index < -0.39 is 5.41 Å². The van der Waals surface area contributed by atoms with Crippen molar-refractivity contribution < 1.29 is 13.9 Å². The molecule has 4 rings (SSSR count). The van der Waals surface area contributed by atoms with Gasteiger partial charge in [-0.05, 0) is 49.8 Å². The second-order valence-electron chi connectivity index (χ2n) is 7.25. The summed E-state index contributed by atoms with van der Waals surface area (Å²) in [5, 5.41) is 2.98. The molecule has 1 aliphatic heterocycles. The van der Waals surface area contributed by atoms with Crippen LogP contribution in [-0.4, -0.2) is 29.1 Å². The van der Waals surface area contributed by atoms with Crippen LogP contribution in [0, 0.1) is 11.2 Å². The molecule has 26 heavy (non-hydrogen) atoms. The number of hydrogen-bond donors (Lipinski definition) is 1. The third kappa shape index (κ3) is 3.75. The lowest BCUT2D eigenvalue weighted by Crippen LogP contribution is -2.42. The van der Waals surface area contributed by atoms with E-state index in [9.17, 15) is 9.18 Å². The standard InChI is InChI=1S/C20H22FN3O2/c21-16-5-1-14(2-6-16)11-20(7-9-26-10-8-20)19(25)24-17-12-22-18(23-13-17)15-3-4-15/h1-2,5-6,12-13,15H,3-4,7-11H2,(H,24,25). The third-order valence-corrected chi connectivity index (χ3v) is 5.26. The Kier molecular flexibility index (Phi) is 4.68. The van der Waals surface area contributed by atoms with Crippen LogP contribution in [0.15, 0.2) is 36.7 Å². The van der Waals surface area contributed by atoms with Crippen LogP contribution in [0.3, 0.4) is 0 Å². The van der Waals surface area contributed by atoms with Crippen LogP contribution < -0.4 is 5.32 Å². The molecule has 2 aromatic rings. The van der Waals surface area contributed by atoms with Crippen LogP contribution in [0.4, 0.5) is 10.1 Å². The summed E-state index contributed by atoms with van der Waals surface area (Å²) in [6, 6.07) is 6.36. The topological polar surface area (TPSA) is 64.1 Å². The molecule has 1 saturated carbocycles. The monoisotopic (exact) mass is 355 g/mol. The molecule has 1 N–H and O–H groups in total. The lowest BCUT2D eigenvalue weighted by molar-refractivity contribution is -0.131. The second-order valence-corrected chi connectivity index (χ2v) is 7.25. The number of hydrogen-bond acceptors (Lipinski definition) is 4. The number of ether oxygens (including phenoxy) is 1. The number of benzene rings is 1. The molecule has 1 saturated heterocycles. The molecule has 0 radical (unpaired) electrons. The first-order valence-corrected chi connectivity index (χ1v) is 9.10. The highest BCUT2D eigenvalue weighted by molar-refractivity contribution is 5.95. The maximum Gasteiger partial charge on any atom is 0.231 e. The van der Waals surface area contributed by atoms with Gasteiger partial charge in [-0.15, -0.1) is 0 Å². The van der Waals surface area contributed by atoms with Gasteiger partial charge < -0.3 is 10.1 Å². The summed E-state index contributed by atoms with van der Waals surface area (Å²) in [6.45, 7) is 1.09.